The first-order valence-corrected chi connectivity index (χ1v) is 8.96. The van der Waals surface area contributed by atoms with E-state index >= 15 is 0 Å². The lowest BCUT2D eigenvalue weighted by atomic mass is 10.1. The van der Waals surface area contributed by atoms with Gasteiger partial charge in [-0.15, -0.1) is 0 Å². The summed E-state index contributed by atoms with van der Waals surface area (Å²) in [5, 5.41) is 1.42. The third-order valence-electron chi connectivity index (χ3n) is 4.39. The van der Waals surface area contributed by atoms with Crippen LogP contribution in [0.5, 0.6) is 5.75 Å². The Hall–Kier alpha value is -1.91. The van der Waals surface area contributed by atoms with Crippen LogP contribution in [0.25, 0.3) is 0 Å². The second kappa shape index (κ2) is 7.98. The minimum Gasteiger partial charge on any atom is -0.484 e. The average molecular weight is 379 g/mol. The van der Waals surface area contributed by atoms with Gasteiger partial charge in [-0.05, 0) is 48.9 Å². The molecule has 0 radical (unpaired) electrons. The van der Waals surface area contributed by atoms with Crippen LogP contribution < -0.4 is 9.64 Å². The van der Waals surface area contributed by atoms with Gasteiger partial charge in [-0.1, -0.05) is 29.3 Å². The van der Waals surface area contributed by atoms with Crippen LogP contribution in [-0.2, 0) is 4.79 Å². The summed E-state index contributed by atoms with van der Waals surface area (Å²) in [6.07, 6.45) is 0. The van der Waals surface area contributed by atoms with E-state index in [9.17, 15) is 4.79 Å². The molecule has 132 valence electrons. The molecular formula is C19H20Cl2N2O2. The molecule has 3 rings (SSSR count). The lowest BCUT2D eigenvalue weighted by molar-refractivity contribution is -0.133. The summed E-state index contributed by atoms with van der Waals surface area (Å²) in [6.45, 7) is 4.98. The molecule has 0 atom stereocenters. The smallest absolute Gasteiger partial charge is 0.260 e. The fourth-order valence-corrected chi connectivity index (χ4v) is 3.20. The van der Waals surface area contributed by atoms with Crippen LogP contribution in [0.1, 0.15) is 5.56 Å². The molecule has 0 bridgehead atoms. The molecule has 2 aromatic rings. The summed E-state index contributed by atoms with van der Waals surface area (Å²) in [4.78, 5) is 16.4. The first-order chi connectivity index (χ1) is 12.0. The molecule has 0 saturated carbocycles. The average Bonchev–Trinajstić information content (AvgIpc) is 2.63. The maximum absolute atomic E-state index is 12.3. The van der Waals surface area contributed by atoms with Gasteiger partial charge in [0.1, 0.15) is 5.75 Å². The van der Waals surface area contributed by atoms with Gasteiger partial charge in [-0.25, -0.2) is 0 Å². The van der Waals surface area contributed by atoms with Crippen molar-refractivity contribution in [2.24, 2.45) is 0 Å². The van der Waals surface area contributed by atoms with Crippen molar-refractivity contribution in [3.8, 4) is 5.75 Å². The highest BCUT2D eigenvalue weighted by Crippen LogP contribution is 2.27. The van der Waals surface area contributed by atoms with Gasteiger partial charge < -0.3 is 14.5 Å². The highest BCUT2D eigenvalue weighted by Gasteiger charge is 2.22. The first-order valence-electron chi connectivity index (χ1n) is 8.21. The van der Waals surface area contributed by atoms with Crippen molar-refractivity contribution >= 4 is 34.8 Å². The molecule has 1 saturated heterocycles. The second-order valence-electron chi connectivity index (χ2n) is 5.99. The van der Waals surface area contributed by atoms with E-state index in [1.165, 1.54) is 0 Å². The number of carbonyl (C=O) groups is 1. The Morgan fingerprint density at radius 2 is 1.72 bits per heavy atom. The van der Waals surface area contributed by atoms with Crippen molar-refractivity contribution < 1.29 is 9.53 Å². The van der Waals surface area contributed by atoms with Gasteiger partial charge >= 0.3 is 0 Å². The Balaban J connectivity index is 1.52. The van der Waals surface area contributed by atoms with Crippen molar-refractivity contribution in [3.05, 3.63) is 58.1 Å². The predicted molar refractivity (Wildman–Crippen MR) is 102 cm³/mol. The van der Waals surface area contributed by atoms with E-state index in [1.807, 2.05) is 24.0 Å². The molecule has 0 aliphatic carbocycles. The van der Waals surface area contributed by atoms with Crippen LogP contribution in [0.4, 0.5) is 5.69 Å². The molecule has 1 fully saturated rings. The van der Waals surface area contributed by atoms with Crippen molar-refractivity contribution in [2.45, 2.75) is 6.92 Å². The number of ether oxygens (including phenoxy) is 1. The van der Waals surface area contributed by atoms with E-state index in [0.717, 1.165) is 29.4 Å². The van der Waals surface area contributed by atoms with E-state index in [4.69, 9.17) is 27.9 Å². The van der Waals surface area contributed by atoms with Crippen LogP contribution in [-0.4, -0.2) is 43.6 Å². The summed E-state index contributed by atoms with van der Waals surface area (Å²) in [5.41, 5.74) is 2.21. The van der Waals surface area contributed by atoms with E-state index in [0.29, 0.717) is 23.9 Å². The Bertz CT molecular complexity index is 742. The Morgan fingerprint density at radius 3 is 2.40 bits per heavy atom. The minimum absolute atomic E-state index is 0.00239. The van der Waals surface area contributed by atoms with Crippen LogP contribution in [0.2, 0.25) is 10.0 Å². The predicted octanol–water partition coefficient (Wildman–Crippen LogP) is 4.03. The van der Waals surface area contributed by atoms with Gasteiger partial charge in [0.2, 0.25) is 0 Å². The van der Waals surface area contributed by atoms with Gasteiger partial charge in [-0.2, -0.15) is 0 Å². The number of rotatable bonds is 4. The third-order valence-corrected chi connectivity index (χ3v) is 5.05. The third kappa shape index (κ3) is 4.39. The number of nitrogens with zero attached hydrogens (tertiary/aromatic N) is 2. The Kier molecular flexibility index (Phi) is 5.71. The molecule has 0 unspecified atom stereocenters. The fourth-order valence-electron chi connectivity index (χ4n) is 2.90. The van der Waals surface area contributed by atoms with Gasteiger partial charge in [0.25, 0.3) is 5.91 Å². The molecule has 1 heterocycles. The van der Waals surface area contributed by atoms with Crippen molar-refractivity contribution in [2.75, 3.05) is 37.7 Å². The van der Waals surface area contributed by atoms with Gasteiger partial charge in [-0.3, -0.25) is 4.79 Å². The zero-order valence-corrected chi connectivity index (χ0v) is 15.6. The van der Waals surface area contributed by atoms with Crippen molar-refractivity contribution in [1.29, 1.82) is 0 Å². The molecule has 25 heavy (non-hydrogen) atoms. The minimum atomic E-state index is -0.00239. The summed E-state index contributed by atoms with van der Waals surface area (Å²) in [7, 11) is 0. The van der Waals surface area contributed by atoms with Crippen LogP contribution >= 0.6 is 23.2 Å². The van der Waals surface area contributed by atoms with Crippen LogP contribution in [0.15, 0.2) is 42.5 Å². The number of carbonyl (C=O) groups excluding carboxylic acids is 1. The summed E-state index contributed by atoms with van der Waals surface area (Å²) in [6, 6.07) is 12.9. The number of amides is 1. The van der Waals surface area contributed by atoms with Gasteiger partial charge in [0.15, 0.2) is 6.61 Å². The number of anilines is 1. The zero-order valence-electron chi connectivity index (χ0n) is 14.0. The van der Waals surface area contributed by atoms with Crippen molar-refractivity contribution in [1.82, 2.24) is 4.90 Å². The Labute approximate surface area is 157 Å². The molecule has 4 nitrogen and oxygen atoms in total. The second-order valence-corrected chi connectivity index (χ2v) is 6.84. The molecular weight excluding hydrogens is 359 g/mol. The molecule has 2 aromatic carbocycles. The van der Waals surface area contributed by atoms with E-state index in [-0.39, 0.29) is 12.5 Å². The summed E-state index contributed by atoms with van der Waals surface area (Å²) >= 11 is 12.0. The lowest BCUT2D eigenvalue weighted by Crippen LogP contribution is -2.50. The molecule has 0 N–H and O–H groups in total. The monoisotopic (exact) mass is 378 g/mol. The Morgan fingerprint density at radius 1 is 1.04 bits per heavy atom. The molecule has 1 aliphatic rings. The molecule has 1 aliphatic heterocycles. The number of piperazine rings is 1. The van der Waals surface area contributed by atoms with Gasteiger partial charge in [0.05, 0.1) is 0 Å². The summed E-state index contributed by atoms with van der Waals surface area (Å²) < 4.78 is 5.54. The molecule has 6 heteroatoms. The topological polar surface area (TPSA) is 32.8 Å². The SMILES string of the molecule is Cc1c(Cl)cccc1N1CCN(C(=O)COc2ccc(Cl)cc2)CC1. The first kappa shape index (κ1) is 17.9. The molecule has 0 spiro atoms. The van der Waals surface area contributed by atoms with E-state index in [1.54, 1.807) is 24.3 Å². The fraction of sp³-hybridized carbons (Fsp3) is 0.316. The molecule has 0 aromatic heterocycles. The maximum atomic E-state index is 12.3. The zero-order chi connectivity index (χ0) is 17.8. The van der Waals surface area contributed by atoms with Crippen molar-refractivity contribution in [3.63, 3.8) is 0 Å². The van der Waals surface area contributed by atoms with E-state index in [2.05, 4.69) is 11.0 Å². The number of hydrogen-bond donors (Lipinski definition) is 0. The number of hydrogen-bond acceptors (Lipinski definition) is 3. The molecule has 1 amide bonds. The quantitative estimate of drug-likeness (QED) is 0.804. The van der Waals surface area contributed by atoms with Gasteiger partial charge in [0, 0.05) is 41.9 Å². The van der Waals surface area contributed by atoms with Crippen LogP contribution in [0, 0.1) is 6.92 Å². The largest absolute Gasteiger partial charge is 0.484 e. The normalized spacial score (nSPS) is 14.5. The highest BCUT2D eigenvalue weighted by atomic mass is 35.5. The van der Waals surface area contributed by atoms with Crippen LogP contribution in [0.3, 0.4) is 0 Å². The number of benzene rings is 2. The van der Waals surface area contributed by atoms with E-state index < -0.39 is 0 Å². The highest BCUT2D eigenvalue weighted by molar-refractivity contribution is 6.31. The standard InChI is InChI=1S/C19H20Cl2N2O2/c1-14-17(21)3-2-4-18(14)22-9-11-23(12-10-22)19(24)13-25-16-7-5-15(20)6-8-16/h2-8H,9-13H2,1H3. The lowest BCUT2D eigenvalue weighted by Gasteiger charge is -2.36. The maximum Gasteiger partial charge on any atom is 0.260 e. The number of halogens is 2. The summed E-state index contributed by atoms with van der Waals surface area (Å²) in [5.74, 6) is 0.642.